The minimum atomic E-state index is -4.89. The fraction of sp³-hybridized carbons (Fsp3) is 0.300. The molecule has 1 heterocycles. The van der Waals surface area contributed by atoms with Crippen LogP contribution < -0.4 is 0 Å². The second kappa shape index (κ2) is 7.82. The summed E-state index contributed by atoms with van der Waals surface area (Å²) in [6.45, 7) is -0.0889. The third kappa shape index (κ3) is 4.30. The van der Waals surface area contributed by atoms with Crippen LogP contribution in [0.1, 0.15) is 17.0 Å². The van der Waals surface area contributed by atoms with E-state index >= 15 is 0 Å². The van der Waals surface area contributed by atoms with Crippen LogP contribution in [0.2, 0.25) is 0 Å². The van der Waals surface area contributed by atoms with E-state index in [0.29, 0.717) is 0 Å². The lowest BCUT2D eigenvalue weighted by atomic mass is 9.90. The molecule has 142 valence electrons. The first-order valence-electron chi connectivity index (χ1n) is 8.62. The summed E-state index contributed by atoms with van der Waals surface area (Å²) in [5.41, 5.74) is 1.64. The second-order valence-electron chi connectivity index (χ2n) is 6.37. The van der Waals surface area contributed by atoms with Crippen LogP contribution in [0.25, 0.3) is 0 Å². The summed E-state index contributed by atoms with van der Waals surface area (Å²) >= 11 is 0. The molecular formula is C20H19F3N2O2. The Balaban J connectivity index is 1.77. The molecule has 0 unspecified atom stereocenters. The van der Waals surface area contributed by atoms with Gasteiger partial charge in [0.25, 0.3) is 0 Å². The van der Waals surface area contributed by atoms with E-state index < -0.39 is 18.0 Å². The zero-order chi connectivity index (χ0) is 19.4. The number of piperazine rings is 1. The van der Waals surface area contributed by atoms with Gasteiger partial charge >= 0.3 is 12.1 Å². The molecule has 7 heteroatoms. The molecule has 3 rings (SSSR count). The number of benzene rings is 2. The molecule has 0 saturated carbocycles. The lowest BCUT2D eigenvalue weighted by molar-refractivity contribution is -0.187. The second-order valence-corrected chi connectivity index (χ2v) is 6.37. The van der Waals surface area contributed by atoms with Crippen molar-refractivity contribution in [1.82, 2.24) is 9.80 Å². The van der Waals surface area contributed by atoms with E-state index in [9.17, 15) is 22.8 Å². The summed E-state index contributed by atoms with van der Waals surface area (Å²) in [5, 5.41) is 0. The molecule has 1 fully saturated rings. The molecule has 2 aromatic carbocycles. The normalized spacial score (nSPS) is 15.1. The van der Waals surface area contributed by atoms with Crippen LogP contribution in [0.15, 0.2) is 60.7 Å². The Bertz CT molecular complexity index is 746. The Morgan fingerprint density at radius 3 is 1.56 bits per heavy atom. The maximum atomic E-state index is 13.2. The molecule has 1 aliphatic rings. The maximum Gasteiger partial charge on any atom is 0.471 e. The first-order chi connectivity index (χ1) is 12.9. The molecule has 0 N–H and O–H groups in total. The van der Waals surface area contributed by atoms with Gasteiger partial charge in [0.1, 0.15) is 0 Å². The number of hydrogen-bond acceptors (Lipinski definition) is 2. The van der Waals surface area contributed by atoms with Crippen molar-refractivity contribution in [3.63, 3.8) is 0 Å². The fourth-order valence-electron chi connectivity index (χ4n) is 3.26. The van der Waals surface area contributed by atoms with Crippen molar-refractivity contribution >= 4 is 11.8 Å². The molecule has 1 aliphatic heterocycles. The van der Waals surface area contributed by atoms with Crippen molar-refractivity contribution < 1.29 is 22.8 Å². The zero-order valence-corrected chi connectivity index (χ0v) is 14.5. The molecule has 0 spiro atoms. The van der Waals surface area contributed by atoms with Crippen LogP contribution in [0.4, 0.5) is 13.2 Å². The van der Waals surface area contributed by atoms with E-state index in [1.165, 1.54) is 4.90 Å². The van der Waals surface area contributed by atoms with Crippen molar-refractivity contribution in [3.8, 4) is 0 Å². The number of carbonyl (C=O) groups is 2. The molecule has 0 aliphatic carbocycles. The highest BCUT2D eigenvalue weighted by Gasteiger charge is 2.43. The van der Waals surface area contributed by atoms with Gasteiger partial charge in [-0.05, 0) is 11.1 Å². The summed E-state index contributed by atoms with van der Waals surface area (Å²) in [4.78, 5) is 26.8. The lowest BCUT2D eigenvalue weighted by Crippen LogP contribution is -2.54. The Morgan fingerprint density at radius 2 is 1.15 bits per heavy atom. The smallest absolute Gasteiger partial charge is 0.338 e. The average molecular weight is 376 g/mol. The van der Waals surface area contributed by atoms with Gasteiger partial charge in [0.05, 0.1) is 5.92 Å². The zero-order valence-electron chi connectivity index (χ0n) is 14.5. The predicted molar refractivity (Wildman–Crippen MR) is 93.9 cm³/mol. The Hall–Kier alpha value is -2.83. The summed E-state index contributed by atoms with van der Waals surface area (Å²) in [6.07, 6.45) is -4.89. The van der Waals surface area contributed by atoms with Crippen molar-refractivity contribution in [2.75, 3.05) is 26.2 Å². The van der Waals surface area contributed by atoms with Crippen molar-refractivity contribution in [2.24, 2.45) is 0 Å². The topological polar surface area (TPSA) is 40.6 Å². The van der Waals surface area contributed by atoms with Gasteiger partial charge in [-0.15, -0.1) is 0 Å². The fourth-order valence-corrected chi connectivity index (χ4v) is 3.26. The minimum Gasteiger partial charge on any atom is -0.338 e. The third-order valence-electron chi connectivity index (χ3n) is 4.63. The molecule has 0 bridgehead atoms. The van der Waals surface area contributed by atoms with E-state index in [-0.39, 0.29) is 32.1 Å². The van der Waals surface area contributed by atoms with E-state index in [2.05, 4.69) is 0 Å². The predicted octanol–water partition coefficient (Wildman–Crippen LogP) is 3.05. The monoisotopic (exact) mass is 376 g/mol. The first kappa shape index (κ1) is 18.9. The highest BCUT2D eigenvalue weighted by atomic mass is 19.4. The van der Waals surface area contributed by atoms with Gasteiger partial charge < -0.3 is 9.80 Å². The number of halogens is 3. The van der Waals surface area contributed by atoms with Crippen LogP contribution in [-0.4, -0.2) is 54.0 Å². The SMILES string of the molecule is O=C(C(c1ccccc1)c1ccccc1)N1CCN(C(=O)C(F)(F)F)CC1. The van der Waals surface area contributed by atoms with Crippen molar-refractivity contribution in [3.05, 3.63) is 71.8 Å². The Morgan fingerprint density at radius 1 is 0.741 bits per heavy atom. The largest absolute Gasteiger partial charge is 0.471 e. The minimum absolute atomic E-state index is 0.0802. The van der Waals surface area contributed by atoms with Gasteiger partial charge in [-0.3, -0.25) is 9.59 Å². The third-order valence-corrected chi connectivity index (χ3v) is 4.63. The van der Waals surface area contributed by atoms with E-state index in [4.69, 9.17) is 0 Å². The molecule has 1 saturated heterocycles. The highest BCUT2D eigenvalue weighted by Crippen LogP contribution is 2.28. The molecule has 27 heavy (non-hydrogen) atoms. The maximum absolute atomic E-state index is 13.2. The summed E-state index contributed by atoms with van der Waals surface area (Å²) in [7, 11) is 0. The number of hydrogen-bond donors (Lipinski definition) is 0. The van der Waals surface area contributed by atoms with Gasteiger partial charge in [0.2, 0.25) is 5.91 Å². The van der Waals surface area contributed by atoms with Gasteiger partial charge in [-0.25, -0.2) is 0 Å². The first-order valence-corrected chi connectivity index (χ1v) is 8.62. The number of nitrogens with zero attached hydrogens (tertiary/aromatic N) is 2. The van der Waals surface area contributed by atoms with Crippen molar-refractivity contribution in [1.29, 1.82) is 0 Å². The summed E-state index contributed by atoms with van der Waals surface area (Å²) < 4.78 is 37.8. The highest BCUT2D eigenvalue weighted by molar-refractivity contribution is 5.88. The lowest BCUT2D eigenvalue weighted by Gasteiger charge is -2.36. The number of rotatable bonds is 3. The van der Waals surface area contributed by atoms with Crippen LogP contribution in [-0.2, 0) is 9.59 Å². The van der Waals surface area contributed by atoms with Crippen LogP contribution in [0.3, 0.4) is 0 Å². The number of amides is 2. The van der Waals surface area contributed by atoms with Crippen LogP contribution in [0.5, 0.6) is 0 Å². The van der Waals surface area contributed by atoms with Gasteiger partial charge in [-0.2, -0.15) is 13.2 Å². The molecule has 4 nitrogen and oxygen atoms in total. The molecular weight excluding hydrogens is 357 g/mol. The molecule has 0 atom stereocenters. The van der Waals surface area contributed by atoms with E-state index in [1.54, 1.807) is 0 Å². The van der Waals surface area contributed by atoms with E-state index in [0.717, 1.165) is 16.0 Å². The number of carbonyl (C=O) groups excluding carboxylic acids is 2. The molecule has 2 amide bonds. The van der Waals surface area contributed by atoms with Gasteiger partial charge in [0.15, 0.2) is 0 Å². The summed E-state index contributed by atoms with van der Waals surface area (Å²) in [5.74, 6) is -2.55. The summed E-state index contributed by atoms with van der Waals surface area (Å²) in [6, 6.07) is 18.5. The molecule has 2 aromatic rings. The van der Waals surface area contributed by atoms with Gasteiger partial charge in [0, 0.05) is 26.2 Å². The molecule has 0 radical (unpaired) electrons. The number of alkyl halides is 3. The quantitative estimate of drug-likeness (QED) is 0.826. The molecule has 0 aromatic heterocycles. The Kier molecular flexibility index (Phi) is 5.48. The van der Waals surface area contributed by atoms with Crippen molar-refractivity contribution in [2.45, 2.75) is 12.1 Å². The standard InChI is InChI=1S/C20H19F3N2O2/c21-20(22,23)19(27)25-13-11-24(12-14-25)18(26)17(15-7-3-1-4-8-15)16-9-5-2-6-10-16/h1-10,17H,11-14H2. The Labute approximate surface area is 155 Å². The van der Waals surface area contributed by atoms with E-state index in [1.807, 2.05) is 60.7 Å². The van der Waals surface area contributed by atoms with Gasteiger partial charge in [-0.1, -0.05) is 60.7 Å². The average Bonchev–Trinajstić information content (AvgIpc) is 2.68. The van der Waals surface area contributed by atoms with Crippen LogP contribution >= 0.6 is 0 Å². The van der Waals surface area contributed by atoms with Crippen LogP contribution in [0, 0.1) is 0 Å².